The van der Waals surface area contributed by atoms with Crippen LogP contribution in [0, 0.1) is 0 Å². The van der Waals surface area contributed by atoms with Crippen molar-refractivity contribution >= 4 is 23.7 Å². The summed E-state index contributed by atoms with van der Waals surface area (Å²) < 4.78 is 0. The standard InChI is InChI=1S/C8H16N4OS/c1-3-4-5-11-6-12(8(14)10-11)9-7(2)13/h3-6H2,1-2H3,(H,9,13)(H,10,14). The highest BCUT2D eigenvalue weighted by atomic mass is 32.1. The highest BCUT2D eigenvalue weighted by Crippen LogP contribution is 2.08. The molecule has 6 heteroatoms. The SMILES string of the molecule is CCCCN1CN(NC(C)=O)C(S)=N1. The van der Waals surface area contributed by atoms with Gasteiger partial charge in [-0.1, -0.05) is 13.3 Å². The summed E-state index contributed by atoms with van der Waals surface area (Å²) in [7, 11) is 0. The highest BCUT2D eigenvalue weighted by molar-refractivity contribution is 7.96. The van der Waals surface area contributed by atoms with Gasteiger partial charge in [-0.2, -0.15) is 0 Å². The molecule has 0 atom stereocenters. The number of nitrogens with one attached hydrogen (secondary N) is 1. The Balaban J connectivity index is 2.39. The average molecular weight is 216 g/mol. The molecule has 80 valence electrons. The van der Waals surface area contributed by atoms with Crippen LogP contribution in [0.4, 0.5) is 0 Å². The first kappa shape index (κ1) is 11.2. The third kappa shape index (κ3) is 3.10. The van der Waals surface area contributed by atoms with Crippen LogP contribution in [0.5, 0.6) is 0 Å². The molecule has 0 saturated heterocycles. The van der Waals surface area contributed by atoms with Gasteiger partial charge in [0.05, 0.1) is 0 Å². The monoisotopic (exact) mass is 216 g/mol. The summed E-state index contributed by atoms with van der Waals surface area (Å²) in [4.78, 5) is 10.8. The van der Waals surface area contributed by atoms with Gasteiger partial charge in [0, 0.05) is 13.5 Å². The Kier molecular flexibility index (Phi) is 4.06. The van der Waals surface area contributed by atoms with Gasteiger partial charge in [0.15, 0.2) is 0 Å². The zero-order chi connectivity index (χ0) is 10.6. The van der Waals surface area contributed by atoms with Crippen molar-refractivity contribution in [2.24, 2.45) is 5.10 Å². The van der Waals surface area contributed by atoms with E-state index < -0.39 is 0 Å². The number of thiol groups is 1. The van der Waals surface area contributed by atoms with Crippen molar-refractivity contribution in [2.75, 3.05) is 13.2 Å². The van der Waals surface area contributed by atoms with Crippen molar-refractivity contribution in [1.82, 2.24) is 15.4 Å². The van der Waals surface area contributed by atoms with Crippen LogP contribution in [0.2, 0.25) is 0 Å². The molecule has 0 aromatic heterocycles. The fourth-order valence-corrected chi connectivity index (χ4v) is 1.42. The molecule has 0 bridgehead atoms. The van der Waals surface area contributed by atoms with E-state index in [2.05, 4.69) is 30.1 Å². The topological polar surface area (TPSA) is 47.9 Å². The number of amidine groups is 1. The minimum atomic E-state index is -0.107. The van der Waals surface area contributed by atoms with Gasteiger partial charge in [-0.25, -0.2) is 5.01 Å². The maximum atomic E-state index is 10.8. The molecule has 0 aromatic rings. The van der Waals surface area contributed by atoms with Gasteiger partial charge in [0.2, 0.25) is 11.1 Å². The van der Waals surface area contributed by atoms with Crippen LogP contribution in [-0.2, 0) is 4.79 Å². The van der Waals surface area contributed by atoms with Crippen LogP contribution in [0.15, 0.2) is 5.10 Å². The van der Waals surface area contributed by atoms with Crippen molar-refractivity contribution in [2.45, 2.75) is 26.7 Å². The Morgan fingerprint density at radius 1 is 1.71 bits per heavy atom. The van der Waals surface area contributed by atoms with Crippen LogP contribution >= 0.6 is 12.6 Å². The molecule has 1 amide bonds. The minimum Gasteiger partial charge on any atom is -0.274 e. The lowest BCUT2D eigenvalue weighted by Crippen LogP contribution is -2.43. The van der Waals surface area contributed by atoms with E-state index in [1.807, 2.05) is 5.01 Å². The summed E-state index contributed by atoms with van der Waals surface area (Å²) in [5, 5.41) is 8.24. The number of hydrazine groups is 1. The van der Waals surface area contributed by atoms with E-state index >= 15 is 0 Å². The Morgan fingerprint density at radius 2 is 2.43 bits per heavy atom. The number of amides is 1. The fraction of sp³-hybridized carbons (Fsp3) is 0.750. The number of hydrogen-bond acceptors (Lipinski definition) is 4. The van der Waals surface area contributed by atoms with Crippen LogP contribution in [0.1, 0.15) is 26.7 Å². The molecule has 1 aliphatic rings. The third-order valence-corrected chi connectivity index (χ3v) is 2.17. The van der Waals surface area contributed by atoms with Gasteiger partial charge in [-0.05, 0) is 6.42 Å². The van der Waals surface area contributed by atoms with Crippen LogP contribution in [-0.4, -0.2) is 34.3 Å². The average Bonchev–Trinajstić information content (AvgIpc) is 2.43. The number of rotatable bonds is 4. The Labute approximate surface area is 89.5 Å². The first-order valence-electron chi connectivity index (χ1n) is 4.70. The van der Waals surface area contributed by atoms with E-state index in [-0.39, 0.29) is 5.91 Å². The summed E-state index contributed by atoms with van der Waals surface area (Å²) >= 11 is 4.16. The Bertz CT molecular complexity index is 243. The molecule has 1 N–H and O–H groups in total. The zero-order valence-corrected chi connectivity index (χ0v) is 9.42. The molecule has 0 radical (unpaired) electrons. The van der Waals surface area contributed by atoms with E-state index in [9.17, 15) is 4.79 Å². The second-order valence-electron chi connectivity index (χ2n) is 3.22. The lowest BCUT2D eigenvalue weighted by atomic mass is 10.3. The van der Waals surface area contributed by atoms with Crippen LogP contribution in [0.25, 0.3) is 0 Å². The molecule has 0 unspecified atom stereocenters. The maximum Gasteiger partial charge on any atom is 0.235 e. The maximum absolute atomic E-state index is 10.8. The molecule has 5 nitrogen and oxygen atoms in total. The fourth-order valence-electron chi connectivity index (χ4n) is 1.18. The predicted octanol–water partition coefficient (Wildman–Crippen LogP) is 0.613. The second-order valence-corrected chi connectivity index (χ2v) is 3.62. The minimum absolute atomic E-state index is 0.107. The van der Waals surface area contributed by atoms with E-state index in [1.165, 1.54) is 6.92 Å². The molecule has 0 saturated carbocycles. The number of nitrogens with zero attached hydrogens (tertiary/aromatic N) is 3. The van der Waals surface area contributed by atoms with E-state index in [4.69, 9.17) is 0 Å². The van der Waals surface area contributed by atoms with Crippen molar-refractivity contribution in [3.05, 3.63) is 0 Å². The first-order valence-corrected chi connectivity index (χ1v) is 5.15. The lowest BCUT2D eigenvalue weighted by Gasteiger charge is -2.19. The Hall–Kier alpha value is -0.910. The van der Waals surface area contributed by atoms with Crippen LogP contribution < -0.4 is 5.43 Å². The molecule has 1 heterocycles. The van der Waals surface area contributed by atoms with Crippen molar-refractivity contribution in [3.8, 4) is 0 Å². The molecule has 1 rings (SSSR count). The van der Waals surface area contributed by atoms with E-state index in [0.717, 1.165) is 19.4 Å². The first-order chi connectivity index (χ1) is 6.63. The lowest BCUT2D eigenvalue weighted by molar-refractivity contribution is -0.122. The highest BCUT2D eigenvalue weighted by Gasteiger charge is 2.20. The summed E-state index contributed by atoms with van der Waals surface area (Å²) in [5.41, 5.74) is 2.64. The smallest absolute Gasteiger partial charge is 0.235 e. The number of hydrazone groups is 1. The normalized spacial score (nSPS) is 15.8. The molecule has 0 aliphatic carbocycles. The second kappa shape index (κ2) is 5.09. The quantitative estimate of drug-likeness (QED) is 0.677. The molecule has 14 heavy (non-hydrogen) atoms. The van der Waals surface area contributed by atoms with Crippen molar-refractivity contribution in [1.29, 1.82) is 0 Å². The third-order valence-electron chi connectivity index (χ3n) is 1.84. The van der Waals surface area contributed by atoms with E-state index in [1.54, 1.807) is 5.01 Å². The molecule has 0 fully saturated rings. The molecular formula is C8H16N4OS. The van der Waals surface area contributed by atoms with Gasteiger partial charge in [-0.15, -0.1) is 17.7 Å². The zero-order valence-electron chi connectivity index (χ0n) is 8.53. The predicted molar refractivity (Wildman–Crippen MR) is 58.6 cm³/mol. The molecule has 0 aromatic carbocycles. The Morgan fingerprint density at radius 3 is 3.00 bits per heavy atom. The summed E-state index contributed by atoms with van der Waals surface area (Å²) in [6.45, 7) is 5.08. The van der Waals surface area contributed by atoms with Crippen LogP contribution in [0.3, 0.4) is 0 Å². The number of unbranched alkanes of at least 4 members (excludes halogenated alkanes) is 1. The van der Waals surface area contributed by atoms with Gasteiger partial charge in [0.25, 0.3) is 0 Å². The molecule has 0 spiro atoms. The number of carbonyl (C=O) groups is 1. The van der Waals surface area contributed by atoms with Gasteiger partial charge < -0.3 is 0 Å². The molecule has 1 aliphatic heterocycles. The summed E-state index contributed by atoms with van der Waals surface area (Å²) in [5.74, 6) is -0.107. The summed E-state index contributed by atoms with van der Waals surface area (Å²) in [6.07, 6.45) is 2.23. The number of carbonyl (C=O) groups excluding carboxylic acids is 1. The van der Waals surface area contributed by atoms with Gasteiger partial charge >= 0.3 is 0 Å². The van der Waals surface area contributed by atoms with Gasteiger partial charge in [0.1, 0.15) is 6.67 Å². The van der Waals surface area contributed by atoms with E-state index in [0.29, 0.717) is 11.8 Å². The summed E-state index contributed by atoms with van der Waals surface area (Å²) in [6, 6.07) is 0. The van der Waals surface area contributed by atoms with Crippen molar-refractivity contribution < 1.29 is 4.79 Å². The number of hydrogen-bond donors (Lipinski definition) is 2. The molecular weight excluding hydrogens is 200 g/mol. The van der Waals surface area contributed by atoms with Crippen molar-refractivity contribution in [3.63, 3.8) is 0 Å². The van der Waals surface area contributed by atoms with Gasteiger partial charge in [-0.3, -0.25) is 15.2 Å². The largest absolute Gasteiger partial charge is 0.274 e.